The van der Waals surface area contributed by atoms with E-state index in [1.165, 1.54) is 24.2 Å². The largest absolute Gasteiger partial charge is 0.354 e. The standard InChI is InChI=1S/C15H23N3O2S/c19-14(4-3-12-5-7-16-8-6-12)17-9-10-18-15(20)13-2-1-11-21-13/h1-2,11-12,16H,3-10H2,(H,17,19)(H,18,20). The van der Waals surface area contributed by atoms with E-state index in [0.717, 1.165) is 19.5 Å². The number of amides is 2. The van der Waals surface area contributed by atoms with E-state index in [9.17, 15) is 9.59 Å². The molecule has 0 spiro atoms. The lowest BCUT2D eigenvalue weighted by Gasteiger charge is -2.22. The molecule has 2 amide bonds. The Morgan fingerprint density at radius 1 is 1.24 bits per heavy atom. The third kappa shape index (κ3) is 5.85. The number of carbonyl (C=O) groups excluding carboxylic acids is 2. The van der Waals surface area contributed by atoms with Crippen LogP contribution >= 0.6 is 11.3 Å². The van der Waals surface area contributed by atoms with Crippen LogP contribution in [0.1, 0.15) is 35.4 Å². The van der Waals surface area contributed by atoms with Crippen LogP contribution in [0.15, 0.2) is 17.5 Å². The number of hydrogen-bond donors (Lipinski definition) is 3. The molecule has 21 heavy (non-hydrogen) atoms. The molecule has 3 N–H and O–H groups in total. The van der Waals surface area contributed by atoms with Gasteiger partial charge in [-0.25, -0.2) is 0 Å². The van der Waals surface area contributed by atoms with Gasteiger partial charge in [-0.2, -0.15) is 0 Å². The second kappa shape index (κ2) is 8.79. The molecular weight excluding hydrogens is 286 g/mol. The smallest absolute Gasteiger partial charge is 0.261 e. The fourth-order valence-electron chi connectivity index (χ4n) is 2.47. The summed E-state index contributed by atoms with van der Waals surface area (Å²) in [5.41, 5.74) is 0. The van der Waals surface area contributed by atoms with Crippen molar-refractivity contribution in [3.63, 3.8) is 0 Å². The van der Waals surface area contributed by atoms with Crippen molar-refractivity contribution in [1.82, 2.24) is 16.0 Å². The lowest BCUT2D eigenvalue weighted by molar-refractivity contribution is -0.121. The summed E-state index contributed by atoms with van der Waals surface area (Å²) in [7, 11) is 0. The molecule has 0 aromatic carbocycles. The van der Waals surface area contributed by atoms with E-state index in [1.54, 1.807) is 6.07 Å². The summed E-state index contributed by atoms with van der Waals surface area (Å²) < 4.78 is 0. The Balaban J connectivity index is 1.52. The Morgan fingerprint density at radius 2 is 2.00 bits per heavy atom. The minimum atomic E-state index is -0.0750. The highest BCUT2D eigenvalue weighted by molar-refractivity contribution is 7.12. The Hall–Kier alpha value is -1.40. The van der Waals surface area contributed by atoms with Gasteiger partial charge in [-0.15, -0.1) is 11.3 Å². The predicted octanol–water partition coefficient (Wildman–Crippen LogP) is 1.37. The summed E-state index contributed by atoms with van der Waals surface area (Å²) in [4.78, 5) is 24.1. The Bertz CT molecular complexity index is 442. The first-order chi connectivity index (χ1) is 10.3. The van der Waals surface area contributed by atoms with Crippen LogP contribution in [-0.4, -0.2) is 38.0 Å². The maximum absolute atomic E-state index is 11.7. The average Bonchev–Trinajstić information content (AvgIpc) is 3.05. The van der Waals surface area contributed by atoms with Crippen molar-refractivity contribution in [2.45, 2.75) is 25.7 Å². The van der Waals surface area contributed by atoms with E-state index in [4.69, 9.17) is 0 Å². The number of rotatable bonds is 7. The van der Waals surface area contributed by atoms with Gasteiger partial charge < -0.3 is 16.0 Å². The van der Waals surface area contributed by atoms with E-state index in [0.29, 0.717) is 30.3 Å². The summed E-state index contributed by atoms with van der Waals surface area (Å²) in [6.45, 7) is 3.10. The summed E-state index contributed by atoms with van der Waals surface area (Å²) in [5.74, 6) is 0.684. The first-order valence-corrected chi connectivity index (χ1v) is 8.43. The van der Waals surface area contributed by atoms with Gasteiger partial charge >= 0.3 is 0 Å². The molecule has 1 aliphatic heterocycles. The zero-order valence-electron chi connectivity index (χ0n) is 12.2. The van der Waals surface area contributed by atoms with Gasteiger partial charge in [0.15, 0.2) is 0 Å². The molecule has 2 heterocycles. The van der Waals surface area contributed by atoms with Crippen LogP contribution in [-0.2, 0) is 4.79 Å². The van der Waals surface area contributed by atoms with Crippen LogP contribution < -0.4 is 16.0 Å². The zero-order valence-corrected chi connectivity index (χ0v) is 13.0. The molecule has 1 aromatic rings. The molecule has 0 bridgehead atoms. The van der Waals surface area contributed by atoms with Crippen LogP contribution in [0, 0.1) is 5.92 Å². The molecule has 6 heteroatoms. The van der Waals surface area contributed by atoms with Gasteiger partial charge in [0.2, 0.25) is 5.91 Å². The predicted molar refractivity (Wildman–Crippen MR) is 84.5 cm³/mol. The van der Waals surface area contributed by atoms with Gasteiger partial charge in [-0.3, -0.25) is 9.59 Å². The molecule has 1 fully saturated rings. The van der Waals surface area contributed by atoms with Gasteiger partial charge in [0.25, 0.3) is 5.91 Å². The molecule has 116 valence electrons. The maximum atomic E-state index is 11.7. The van der Waals surface area contributed by atoms with Gasteiger partial charge in [0, 0.05) is 19.5 Å². The Morgan fingerprint density at radius 3 is 2.71 bits per heavy atom. The van der Waals surface area contributed by atoms with Crippen molar-refractivity contribution in [3.8, 4) is 0 Å². The zero-order chi connectivity index (χ0) is 14.9. The molecule has 1 aliphatic rings. The maximum Gasteiger partial charge on any atom is 0.261 e. The number of carbonyl (C=O) groups is 2. The van der Waals surface area contributed by atoms with Gasteiger partial charge in [-0.1, -0.05) is 6.07 Å². The molecule has 0 aliphatic carbocycles. The van der Waals surface area contributed by atoms with Crippen molar-refractivity contribution in [2.75, 3.05) is 26.2 Å². The van der Waals surface area contributed by atoms with Gasteiger partial charge in [0.05, 0.1) is 4.88 Å². The fourth-order valence-corrected chi connectivity index (χ4v) is 3.11. The molecule has 2 rings (SSSR count). The van der Waals surface area contributed by atoms with E-state index in [1.807, 2.05) is 11.4 Å². The van der Waals surface area contributed by atoms with Gasteiger partial charge in [0.1, 0.15) is 0 Å². The molecule has 1 saturated heterocycles. The monoisotopic (exact) mass is 309 g/mol. The summed E-state index contributed by atoms with van der Waals surface area (Å²) in [6.07, 6.45) is 3.90. The van der Waals surface area contributed by atoms with E-state index in [-0.39, 0.29) is 11.8 Å². The van der Waals surface area contributed by atoms with Crippen LogP contribution in [0.2, 0.25) is 0 Å². The van der Waals surface area contributed by atoms with E-state index < -0.39 is 0 Å². The first-order valence-electron chi connectivity index (χ1n) is 7.55. The van der Waals surface area contributed by atoms with E-state index >= 15 is 0 Å². The normalized spacial score (nSPS) is 15.6. The van der Waals surface area contributed by atoms with Crippen LogP contribution in [0.4, 0.5) is 0 Å². The highest BCUT2D eigenvalue weighted by atomic mass is 32.1. The lowest BCUT2D eigenvalue weighted by Crippen LogP contribution is -2.35. The topological polar surface area (TPSA) is 70.2 Å². The fraction of sp³-hybridized carbons (Fsp3) is 0.600. The summed E-state index contributed by atoms with van der Waals surface area (Å²) >= 11 is 1.41. The van der Waals surface area contributed by atoms with Crippen LogP contribution in [0.5, 0.6) is 0 Å². The average molecular weight is 309 g/mol. The van der Waals surface area contributed by atoms with Crippen molar-refractivity contribution < 1.29 is 9.59 Å². The molecule has 1 aromatic heterocycles. The molecule has 0 radical (unpaired) electrons. The first kappa shape index (κ1) is 16.0. The highest BCUT2D eigenvalue weighted by Crippen LogP contribution is 2.17. The quantitative estimate of drug-likeness (QED) is 0.666. The minimum Gasteiger partial charge on any atom is -0.354 e. The highest BCUT2D eigenvalue weighted by Gasteiger charge is 2.14. The van der Waals surface area contributed by atoms with Crippen molar-refractivity contribution in [3.05, 3.63) is 22.4 Å². The summed E-state index contributed by atoms with van der Waals surface area (Å²) in [6, 6.07) is 3.64. The Kier molecular flexibility index (Phi) is 6.69. The molecule has 0 unspecified atom stereocenters. The number of hydrogen-bond acceptors (Lipinski definition) is 4. The second-order valence-electron chi connectivity index (χ2n) is 5.32. The summed E-state index contributed by atoms with van der Waals surface area (Å²) in [5, 5.41) is 10.9. The molecule has 0 saturated carbocycles. The lowest BCUT2D eigenvalue weighted by atomic mass is 9.93. The minimum absolute atomic E-state index is 0.0750. The van der Waals surface area contributed by atoms with Gasteiger partial charge in [-0.05, 0) is 49.7 Å². The van der Waals surface area contributed by atoms with Crippen molar-refractivity contribution >= 4 is 23.2 Å². The SMILES string of the molecule is O=C(CCC1CCNCC1)NCCNC(=O)c1cccs1. The van der Waals surface area contributed by atoms with Crippen LogP contribution in [0.25, 0.3) is 0 Å². The number of thiophene rings is 1. The molecular formula is C15H23N3O2S. The molecule has 5 nitrogen and oxygen atoms in total. The second-order valence-corrected chi connectivity index (χ2v) is 6.26. The van der Waals surface area contributed by atoms with Crippen molar-refractivity contribution in [2.24, 2.45) is 5.92 Å². The van der Waals surface area contributed by atoms with Crippen LogP contribution in [0.3, 0.4) is 0 Å². The third-order valence-corrected chi connectivity index (χ3v) is 4.58. The molecule has 0 atom stereocenters. The third-order valence-electron chi connectivity index (χ3n) is 3.72. The number of piperidine rings is 1. The van der Waals surface area contributed by atoms with Crippen molar-refractivity contribution in [1.29, 1.82) is 0 Å². The number of nitrogens with one attached hydrogen (secondary N) is 3. The Labute approximate surface area is 129 Å². The van der Waals surface area contributed by atoms with E-state index in [2.05, 4.69) is 16.0 Å².